The summed E-state index contributed by atoms with van der Waals surface area (Å²) in [5.41, 5.74) is 2.58. The molecular weight excluding hydrogens is 376 g/mol. The Morgan fingerprint density at radius 3 is 1.36 bits per heavy atom. The molecule has 0 heterocycles. The zero-order chi connectivity index (χ0) is 19.6. The van der Waals surface area contributed by atoms with Crippen LogP contribution in [-0.4, -0.2) is 32.3 Å². The Balaban J connectivity index is 1.68. The van der Waals surface area contributed by atoms with E-state index in [1.165, 1.54) is 31.9 Å². The van der Waals surface area contributed by atoms with Crippen LogP contribution in [0.4, 0.5) is 0 Å². The standard InChI is InChI=1S/C24H26O2Si2/c1-3-25-17-19-9-5-7-11-23(19)27-21-13-15-22(16-14-21)28-24-12-8-6-10-20(24)18-26-4-2/h5-16H,3-4,17-18H2,1-2H3. The van der Waals surface area contributed by atoms with Crippen molar-refractivity contribution in [1.29, 1.82) is 0 Å². The second-order valence-corrected chi connectivity index (χ2v) is 9.15. The highest BCUT2D eigenvalue weighted by Crippen LogP contribution is 2.00. The van der Waals surface area contributed by atoms with Crippen LogP contribution in [0.5, 0.6) is 0 Å². The Bertz CT molecular complexity index is 790. The Hall–Kier alpha value is -1.99. The Morgan fingerprint density at radius 2 is 0.964 bits per heavy atom. The van der Waals surface area contributed by atoms with Crippen LogP contribution in [0.15, 0.2) is 72.8 Å². The van der Waals surface area contributed by atoms with Gasteiger partial charge in [0, 0.05) is 13.2 Å². The number of hydrogen-bond acceptors (Lipinski definition) is 2. The van der Waals surface area contributed by atoms with E-state index in [1.807, 2.05) is 13.8 Å². The first kappa shape index (κ1) is 20.7. The molecule has 0 aliphatic rings. The Kier molecular flexibility index (Phi) is 8.24. The number of benzene rings is 3. The van der Waals surface area contributed by atoms with Gasteiger partial charge < -0.3 is 9.47 Å². The lowest BCUT2D eigenvalue weighted by Crippen LogP contribution is -2.33. The summed E-state index contributed by atoms with van der Waals surface area (Å²) in [6.07, 6.45) is 0. The average molecular weight is 403 g/mol. The predicted octanol–water partition coefficient (Wildman–Crippen LogP) is 2.07. The first-order valence-electron chi connectivity index (χ1n) is 9.75. The van der Waals surface area contributed by atoms with Gasteiger partial charge in [-0.05, 0) is 25.0 Å². The summed E-state index contributed by atoms with van der Waals surface area (Å²) >= 11 is 0. The lowest BCUT2D eigenvalue weighted by molar-refractivity contribution is 0.134. The number of hydrogen-bond donors (Lipinski definition) is 0. The van der Waals surface area contributed by atoms with Crippen LogP contribution in [-0.2, 0) is 22.7 Å². The van der Waals surface area contributed by atoms with Gasteiger partial charge in [0.15, 0.2) is 0 Å². The van der Waals surface area contributed by atoms with Crippen molar-refractivity contribution in [3.63, 3.8) is 0 Å². The summed E-state index contributed by atoms with van der Waals surface area (Å²) in [6, 6.07) is 26.2. The van der Waals surface area contributed by atoms with E-state index in [9.17, 15) is 0 Å². The summed E-state index contributed by atoms with van der Waals surface area (Å²) in [4.78, 5) is 0. The maximum atomic E-state index is 5.62. The van der Waals surface area contributed by atoms with Gasteiger partial charge >= 0.3 is 0 Å². The summed E-state index contributed by atoms with van der Waals surface area (Å²) in [7, 11) is 1.30. The maximum Gasteiger partial charge on any atom is 0.122 e. The summed E-state index contributed by atoms with van der Waals surface area (Å²) in [5.74, 6) is 0. The van der Waals surface area contributed by atoms with E-state index in [0.29, 0.717) is 32.3 Å². The molecule has 0 spiro atoms. The molecule has 0 saturated heterocycles. The van der Waals surface area contributed by atoms with Gasteiger partial charge in [0.05, 0.1) is 13.2 Å². The Morgan fingerprint density at radius 1 is 0.571 bits per heavy atom. The van der Waals surface area contributed by atoms with E-state index in [4.69, 9.17) is 9.47 Å². The van der Waals surface area contributed by atoms with Crippen LogP contribution in [0.3, 0.4) is 0 Å². The fourth-order valence-electron chi connectivity index (χ4n) is 2.91. The molecule has 0 aliphatic heterocycles. The predicted molar refractivity (Wildman–Crippen MR) is 120 cm³/mol. The van der Waals surface area contributed by atoms with E-state index in [1.54, 1.807) is 0 Å². The first-order valence-corrected chi connectivity index (χ1v) is 11.8. The third-order valence-corrected chi connectivity index (χ3v) is 7.16. The molecule has 3 rings (SSSR count). The topological polar surface area (TPSA) is 18.5 Å². The molecule has 0 aliphatic carbocycles. The lowest BCUT2D eigenvalue weighted by atomic mass is 10.2. The quantitative estimate of drug-likeness (QED) is 0.484. The van der Waals surface area contributed by atoms with E-state index in [-0.39, 0.29) is 0 Å². The number of rotatable bonds is 10. The van der Waals surface area contributed by atoms with Gasteiger partial charge in [-0.3, -0.25) is 0 Å². The highest BCUT2D eigenvalue weighted by Gasteiger charge is 2.07. The molecule has 0 saturated carbocycles. The zero-order valence-corrected chi connectivity index (χ0v) is 18.6. The molecule has 0 unspecified atom stereocenters. The van der Waals surface area contributed by atoms with Crippen LogP contribution in [0.1, 0.15) is 25.0 Å². The molecule has 0 aromatic heterocycles. The van der Waals surface area contributed by atoms with Crippen molar-refractivity contribution in [2.75, 3.05) is 13.2 Å². The smallest absolute Gasteiger partial charge is 0.122 e. The molecule has 0 atom stereocenters. The molecule has 0 fully saturated rings. The summed E-state index contributed by atoms with van der Waals surface area (Å²) in [5, 5.41) is 5.46. The van der Waals surface area contributed by atoms with Gasteiger partial charge in [-0.2, -0.15) is 0 Å². The average Bonchev–Trinajstić information content (AvgIpc) is 2.74. The molecule has 3 aromatic rings. The monoisotopic (exact) mass is 402 g/mol. The first-order chi connectivity index (χ1) is 13.8. The second-order valence-electron chi connectivity index (χ2n) is 6.42. The molecule has 4 radical (unpaired) electrons. The van der Waals surface area contributed by atoms with E-state index in [2.05, 4.69) is 72.8 Å². The molecule has 0 N–H and O–H groups in total. The van der Waals surface area contributed by atoms with Crippen molar-refractivity contribution >= 4 is 39.8 Å². The third kappa shape index (κ3) is 6.01. The fourth-order valence-corrected chi connectivity index (χ4v) is 5.19. The number of ether oxygens (including phenoxy) is 2. The van der Waals surface area contributed by atoms with Crippen molar-refractivity contribution in [2.24, 2.45) is 0 Å². The second kappa shape index (κ2) is 11.1. The van der Waals surface area contributed by atoms with Crippen LogP contribution >= 0.6 is 0 Å². The third-order valence-electron chi connectivity index (χ3n) is 4.40. The highest BCUT2D eigenvalue weighted by molar-refractivity contribution is 6.69. The van der Waals surface area contributed by atoms with Gasteiger partial charge in [0.25, 0.3) is 0 Å². The lowest BCUT2D eigenvalue weighted by Gasteiger charge is -2.11. The molecule has 2 nitrogen and oxygen atoms in total. The van der Waals surface area contributed by atoms with E-state index >= 15 is 0 Å². The van der Waals surface area contributed by atoms with Crippen LogP contribution in [0.2, 0.25) is 0 Å². The van der Waals surface area contributed by atoms with Crippen molar-refractivity contribution in [1.82, 2.24) is 0 Å². The van der Waals surface area contributed by atoms with Crippen LogP contribution in [0, 0.1) is 0 Å². The normalized spacial score (nSPS) is 10.9. The van der Waals surface area contributed by atoms with Crippen molar-refractivity contribution < 1.29 is 9.47 Å². The van der Waals surface area contributed by atoms with Crippen molar-refractivity contribution in [2.45, 2.75) is 27.1 Å². The van der Waals surface area contributed by atoms with Crippen molar-refractivity contribution in [3.8, 4) is 0 Å². The molecule has 28 heavy (non-hydrogen) atoms. The van der Waals surface area contributed by atoms with Crippen molar-refractivity contribution in [3.05, 3.63) is 83.9 Å². The molecule has 4 heteroatoms. The SMILES string of the molecule is CCOCc1ccccc1[Si]c1ccc([Si]c2ccccc2COCC)cc1. The largest absolute Gasteiger partial charge is 0.377 e. The molecule has 0 bridgehead atoms. The Labute approximate surface area is 173 Å². The van der Waals surface area contributed by atoms with Gasteiger partial charge in [-0.1, -0.05) is 93.5 Å². The van der Waals surface area contributed by atoms with Crippen LogP contribution in [0.25, 0.3) is 0 Å². The van der Waals surface area contributed by atoms with Gasteiger partial charge in [0.2, 0.25) is 0 Å². The molecule has 0 amide bonds. The van der Waals surface area contributed by atoms with E-state index in [0.717, 1.165) is 13.2 Å². The maximum absolute atomic E-state index is 5.62. The van der Waals surface area contributed by atoms with Gasteiger partial charge in [-0.25, -0.2) is 0 Å². The van der Waals surface area contributed by atoms with Crippen LogP contribution < -0.4 is 20.7 Å². The van der Waals surface area contributed by atoms with Gasteiger partial charge in [-0.15, -0.1) is 0 Å². The minimum Gasteiger partial charge on any atom is -0.377 e. The summed E-state index contributed by atoms with van der Waals surface area (Å²) < 4.78 is 11.2. The molecule has 142 valence electrons. The van der Waals surface area contributed by atoms with Gasteiger partial charge in [0.1, 0.15) is 19.0 Å². The highest BCUT2D eigenvalue weighted by atomic mass is 28.2. The van der Waals surface area contributed by atoms with E-state index < -0.39 is 0 Å². The summed E-state index contributed by atoms with van der Waals surface area (Å²) in [6.45, 7) is 6.95. The zero-order valence-electron chi connectivity index (χ0n) is 16.6. The fraction of sp³-hybridized carbons (Fsp3) is 0.250. The minimum absolute atomic E-state index is 0.652. The molecular formula is C24H26O2Si2. The minimum atomic E-state index is 0.652. The molecule has 3 aromatic carbocycles.